The Morgan fingerprint density at radius 1 is 1.22 bits per heavy atom. The molecule has 0 amide bonds. The van der Waals surface area contributed by atoms with Crippen LogP contribution in [-0.4, -0.2) is 17.2 Å². The van der Waals surface area contributed by atoms with E-state index in [0.29, 0.717) is 6.04 Å². The van der Waals surface area contributed by atoms with Crippen molar-refractivity contribution in [3.05, 3.63) is 29.3 Å². The van der Waals surface area contributed by atoms with Gasteiger partial charge in [0.2, 0.25) is 0 Å². The number of aldehydes is 1. The molecule has 1 fully saturated rings. The molecule has 2 N–H and O–H groups in total. The van der Waals surface area contributed by atoms with Gasteiger partial charge in [0.1, 0.15) is 6.29 Å². The van der Waals surface area contributed by atoms with Crippen LogP contribution in [0.25, 0.3) is 0 Å². The number of nitrogens with two attached hydrogens (primary N) is 1. The zero-order chi connectivity index (χ0) is 12.5. The number of benzene rings is 1. The Bertz CT molecular complexity index is 452. The summed E-state index contributed by atoms with van der Waals surface area (Å²) in [6, 6.07) is 6.47. The van der Waals surface area contributed by atoms with Gasteiger partial charge in [-0.25, -0.2) is 0 Å². The van der Waals surface area contributed by atoms with Crippen LogP contribution in [0.1, 0.15) is 49.3 Å². The van der Waals surface area contributed by atoms with Gasteiger partial charge in [0.25, 0.3) is 0 Å². The van der Waals surface area contributed by atoms with Crippen molar-refractivity contribution in [1.82, 2.24) is 4.90 Å². The Hall–Kier alpha value is -1.35. The van der Waals surface area contributed by atoms with Crippen molar-refractivity contribution in [1.29, 1.82) is 0 Å². The fourth-order valence-corrected chi connectivity index (χ4v) is 3.45. The monoisotopic (exact) mass is 244 g/mol. The first-order valence-corrected chi connectivity index (χ1v) is 6.89. The minimum atomic E-state index is -0.0521. The standard InChI is InChI=1S/C15H20N2O/c16-12-6-7-14-11(8-12)9-17(15(14)10-18)13-4-2-1-3-5-13/h6-8,10,13,15H,1-5,9,16H2. The van der Waals surface area contributed by atoms with Crippen LogP contribution in [0.4, 0.5) is 5.69 Å². The van der Waals surface area contributed by atoms with E-state index in [0.717, 1.165) is 24.1 Å². The van der Waals surface area contributed by atoms with Gasteiger partial charge in [-0.1, -0.05) is 25.3 Å². The number of nitrogen functional groups attached to an aromatic ring is 1. The number of anilines is 1. The third kappa shape index (κ3) is 1.93. The highest BCUT2D eigenvalue weighted by Gasteiger charge is 2.34. The fourth-order valence-electron chi connectivity index (χ4n) is 3.45. The predicted molar refractivity (Wildman–Crippen MR) is 72.1 cm³/mol. The molecule has 18 heavy (non-hydrogen) atoms. The van der Waals surface area contributed by atoms with Gasteiger partial charge in [0.15, 0.2) is 0 Å². The molecule has 1 heterocycles. The van der Waals surface area contributed by atoms with Gasteiger partial charge in [0, 0.05) is 18.3 Å². The number of fused-ring (bicyclic) bond motifs is 1. The molecule has 1 aromatic carbocycles. The summed E-state index contributed by atoms with van der Waals surface area (Å²) in [6.07, 6.45) is 7.49. The lowest BCUT2D eigenvalue weighted by Crippen LogP contribution is -2.36. The number of nitrogens with zero attached hydrogens (tertiary/aromatic N) is 1. The van der Waals surface area contributed by atoms with Crippen LogP contribution in [-0.2, 0) is 11.3 Å². The smallest absolute Gasteiger partial charge is 0.141 e. The molecule has 0 radical (unpaired) electrons. The van der Waals surface area contributed by atoms with Crippen LogP contribution in [0.15, 0.2) is 18.2 Å². The second kappa shape index (κ2) is 4.73. The van der Waals surface area contributed by atoms with E-state index in [1.54, 1.807) is 0 Å². The Balaban J connectivity index is 1.88. The van der Waals surface area contributed by atoms with Crippen molar-refractivity contribution in [2.45, 2.75) is 50.7 Å². The highest BCUT2D eigenvalue weighted by atomic mass is 16.1. The van der Waals surface area contributed by atoms with E-state index in [-0.39, 0.29) is 6.04 Å². The first-order valence-electron chi connectivity index (χ1n) is 6.89. The minimum absolute atomic E-state index is 0.0521. The molecule has 1 atom stereocenters. The van der Waals surface area contributed by atoms with Crippen LogP contribution in [0.2, 0.25) is 0 Å². The molecule has 0 bridgehead atoms. The highest BCUT2D eigenvalue weighted by molar-refractivity contribution is 5.66. The predicted octanol–water partition coefficient (Wildman–Crippen LogP) is 2.66. The van der Waals surface area contributed by atoms with Crippen molar-refractivity contribution >= 4 is 12.0 Å². The summed E-state index contributed by atoms with van der Waals surface area (Å²) in [5, 5.41) is 0. The van der Waals surface area contributed by atoms with Gasteiger partial charge in [0.05, 0.1) is 6.04 Å². The topological polar surface area (TPSA) is 46.3 Å². The van der Waals surface area contributed by atoms with Gasteiger partial charge in [-0.3, -0.25) is 4.90 Å². The maximum absolute atomic E-state index is 11.4. The van der Waals surface area contributed by atoms with Gasteiger partial charge >= 0.3 is 0 Å². The lowest BCUT2D eigenvalue weighted by Gasteiger charge is -2.33. The van der Waals surface area contributed by atoms with E-state index in [2.05, 4.69) is 4.90 Å². The average molecular weight is 244 g/mol. The highest BCUT2D eigenvalue weighted by Crippen LogP contribution is 2.38. The van der Waals surface area contributed by atoms with Crippen LogP contribution in [0, 0.1) is 0 Å². The molecule has 0 saturated heterocycles. The second-order valence-electron chi connectivity index (χ2n) is 5.50. The molecule has 0 spiro atoms. The van der Waals surface area contributed by atoms with Crippen molar-refractivity contribution in [2.24, 2.45) is 0 Å². The quantitative estimate of drug-likeness (QED) is 0.642. The summed E-state index contributed by atoms with van der Waals surface area (Å²) in [5.74, 6) is 0. The summed E-state index contributed by atoms with van der Waals surface area (Å²) in [6.45, 7) is 0.883. The van der Waals surface area contributed by atoms with Crippen LogP contribution < -0.4 is 5.73 Å². The lowest BCUT2D eigenvalue weighted by molar-refractivity contribution is -0.113. The normalized spacial score (nSPS) is 25.0. The number of hydrogen-bond acceptors (Lipinski definition) is 3. The molecule has 3 nitrogen and oxygen atoms in total. The van der Waals surface area contributed by atoms with E-state index in [4.69, 9.17) is 5.73 Å². The van der Waals surface area contributed by atoms with Crippen LogP contribution >= 0.6 is 0 Å². The maximum Gasteiger partial charge on any atom is 0.141 e. The number of carbonyl (C=O) groups is 1. The molecular formula is C15H20N2O. The second-order valence-corrected chi connectivity index (χ2v) is 5.50. The van der Waals surface area contributed by atoms with Crippen molar-refractivity contribution in [3.8, 4) is 0 Å². The summed E-state index contributed by atoms with van der Waals surface area (Å²) in [5.41, 5.74) is 9.02. The number of hydrogen-bond donors (Lipinski definition) is 1. The maximum atomic E-state index is 11.4. The molecule has 1 saturated carbocycles. The third-order valence-corrected chi connectivity index (χ3v) is 4.37. The molecule has 1 aliphatic heterocycles. The Kier molecular flexibility index (Phi) is 3.08. The molecule has 2 aliphatic rings. The van der Waals surface area contributed by atoms with Gasteiger partial charge in [-0.05, 0) is 36.1 Å². The van der Waals surface area contributed by atoms with Crippen LogP contribution in [0.5, 0.6) is 0 Å². The number of carbonyl (C=O) groups excluding carboxylic acids is 1. The summed E-state index contributed by atoms with van der Waals surface area (Å²) in [7, 11) is 0. The number of rotatable bonds is 2. The largest absolute Gasteiger partial charge is 0.399 e. The molecule has 1 unspecified atom stereocenters. The summed E-state index contributed by atoms with van der Waals surface area (Å²) in [4.78, 5) is 13.8. The van der Waals surface area contributed by atoms with Gasteiger partial charge in [-0.2, -0.15) is 0 Å². The zero-order valence-corrected chi connectivity index (χ0v) is 10.6. The molecular weight excluding hydrogens is 224 g/mol. The molecule has 1 aromatic rings. The minimum Gasteiger partial charge on any atom is -0.399 e. The lowest BCUT2D eigenvalue weighted by atomic mass is 9.93. The summed E-state index contributed by atoms with van der Waals surface area (Å²) >= 11 is 0. The third-order valence-electron chi connectivity index (χ3n) is 4.37. The van der Waals surface area contributed by atoms with E-state index in [1.165, 1.54) is 37.7 Å². The molecule has 0 aromatic heterocycles. The first kappa shape index (κ1) is 11.7. The van der Waals surface area contributed by atoms with E-state index < -0.39 is 0 Å². The van der Waals surface area contributed by atoms with E-state index in [1.807, 2.05) is 18.2 Å². The molecule has 96 valence electrons. The molecule has 3 heteroatoms. The van der Waals surface area contributed by atoms with Crippen molar-refractivity contribution in [3.63, 3.8) is 0 Å². The SMILES string of the molecule is Nc1ccc2c(c1)CN(C1CCCCC1)C2C=O. The first-order chi connectivity index (χ1) is 8.79. The van der Waals surface area contributed by atoms with Crippen molar-refractivity contribution < 1.29 is 4.79 Å². The molecule has 3 rings (SSSR count). The Morgan fingerprint density at radius 3 is 2.72 bits per heavy atom. The van der Waals surface area contributed by atoms with E-state index in [9.17, 15) is 4.79 Å². The molecule has 1 aliphatic carbocycles. The van der Waals surface area contributed by atoms with Gasteiger partial charge in [-0.15, -0.1) is 0 Å². The Labute approximate surface area is 108 Å². The summed E-state index contributed by atoms with van der Waals surface area (Å²) < 4.78 is 0. The van der Waals surface area contributed by atoms with Crippen molar-refractivity contribution in [2.75, 3.05) is 5.73 Å². The van der Waals surface area contributed by atoms with Crippen LogP contribution in [0.3, 0.4) is 0 Å². The average Bonchev–Trinajstić information content (AvgIpc) is 2.77. The van der Waals surface area contributed by atoms with Gasteiger partial charge < -0.3 is 10.5 Å². The van der Waals surface area contributed by atoms with E-state index >= 15 is 0 Å². The Morgan fingerprint density at radius 2 is 2.00 bits per heavy atom. The fraction of sp³-hybridized carbons (Fsp3) is 0.533. The zero-order valence-electron chi connectivity index (χ0n) is 10.6.